The molecule has 1 amide bonds. The average Bonchev–Trinajstić information content (AvgIpc) is 2.96. The molecule has 0 saturated heterocycles. The number of methoxy groups -OCH3 is 1. The molecule has 1 aromatic carbocycles. The minimum atomic E-state index is -1.09. The van der Waals surface area contributed by atoms with E-state index in [1.165, 1.54) is 13.3 Å². The topological polar surface area (TPSA) is 93.4 Å². The molecule has 0 spiro atoms. The van der Waals surface area contributed by atoms with Crippen molar-refractivity contribution in [2.24, 2.45) is 0 Å². The highest BCUT2D eigenvalue weighted by Gasteiger charge is 2.33. The van der Waals surface area contributed by atoms with Crippen molar-refractivity contribution in [2.45, 2.75) is 45.7 Å². The van der Waals surface area contributed by atoms with Gasteiger partial charge in [0.15, 0.2) is 0 Å². The largest absolute Gasteiger partial charge is 0.497 e. The third-order valence-corrected chi connectivity index (χ3v) is 4.38. The highest BCUT2D eigenvalue weighted by Crippen LogP contribution is 2.28. The number of nitrogens with zero attached hydrogens (tertiary/aromatic N) is 2. The predicted molar refractivity (Wildman–Crippen MR) is 97.4 cm³/mol. The van der Waals surface area contributed by atoms with Gasteiger partial charge >= 0.3 is 5.97 Å². The van der Waals surface area contributed by atoms with Gasteiger partial charge in [-0.05, 0) is 45.4 Å². The van der Waals surface area contributed by atoms with Crippen LogP contribution >= 0.6 is 0 Å². The minimum absolute atomic E-state index is 0.125. The van der Waals surface area contributed by atoms with Gasteiger partial charge in [0.2, 0.25) is 0 Å². The van der Waals surface area contributed by atoms with E-state index in [1.807, 2.05) is 20.8 Å². The van der Waals surface area contributed by atoms with Crippen LogP contribution in [-0.4, -0.2) is 33.9 Å². The molecule has 1 aromatic heterocycles. The van der Waals surface area contributed by atoms with Crippen molar-refractivity contribution in [2.75, 3.05) is 7.11 Å². The zero-order valence-corrected chi connectivity index (χ0v) is 15.7. The first-order valence-electron chi connectivity index (χ1n) is 8.41. The molecule has 2 aromatic rings. The van der Waals surface area contributed by atoms with Gasteiger partial charge in [-0.3, -0.25) is 14.3 Å². The van der Waals surface area contributed by atoms with Crippen LogP contribution in [0.2, 0.25) is 0 Å². The summed E-state index contributed by atoms with van der Waals surface area (Å²) in [4.78, 5) is 24.3. The minimum Gasteiger partial charge on any atom is -0.497 e. The third kappa shape index (κ3) is 4.04. The Morgan fingerprint density at radius 3 is 2.62 bits per heavy atom. The van der Waals surface area contributed by atoms with Crippen molar-refractivity contribution in [3.8, 4) is 5.75 Å². The van der Waals surface area contributed by atoms with Gasteiger partial charge in [-0.1, -0.05) is 12.1 Å². The Morgan fingerprint density at radius 2 is 2.08 bits per heavy atom. The lowest BCUT2D eigenvalue weighted by atomic mass is 9.88. The predicted octanol–water partition coefficient (Wildman–Crippen LogP) is 2.90. The summed E-state index contributed by atoms with van der Waals surface area (Å²) in [5, 5.41) is 16.5. The highest BCUT2D eigenvalue weighted by molar-refractivity contribution is 5.96. The fraction of sp³-hybridized carbons (Fsp3) is 0.421. The summed E-state index contributed by atoms with van der Waals surface area (Å²) in [6.07, 6.45) is 1.25. The van der Waals surface area contributed by atoms with Crippen molar-refractivity contribution in [1.29, 1.82) is 0 Å². The number of rotatable bonds is 7. The van der Waals surface area contributed by atoms with Crippen LogP contribution in [0.4, 0.5) is 0 Å². The van der Waals surface area contributed by atoms with E-state index in [0.29, 0.717) is 16.9 Å². The Morgan fingerprint density at radius 1 is 1.38 bits per heavy atom. The van der Waals surface area contributed by atoms with Gasteiger partial charge in [0.05, 0.1) is 30.8 Å². The molecule has 26 heavy (non-hydrogen) atoms. The monoisotopic (exact) mass is 359 g/mol. The Kier molecular flexibility index (Phi) is 5.69. The number of aromatic nitrogens is 2. The van der Waals surface area contributed by atoms with Crippen LogP contribution in [0.1, 0.15) is 54.8 Å². The van der Waals surface area contributed by atoms with Crippen LogP contribution in [0.15, 0.2) is 30.5 Å². The molecule has 0 aliphatic heterocycles. The average molecular weight is 359 g/mol. The van der Waals surface area contributed by atoms with Crippen molar-refractivity contribution in [3.63, 3.8) is 0 Å². The molecule has 0 saturated carbocycles. The van der Waals surface area contributed by atoms with Crippen LogP contribution in [0, 0.1) is 6.92 Å². The first-order chi connectivity index (χ1) is 12.2. The fourth-order valence-electron chi connectivity index (χ4n) is 2.97. The SMILES string of the molecule is COc1cccc(C(C)(CC(=O)O)NC(=O)c2cnn(C(C)C)c2C)c1. The van der Waals surface area contributed by atoms with E-state index >= 15 is 0 Å². The molecule has 7 heteroatoms. The van der Waals surface area contributed by atoms with Crippen LogP contribution < -0.4 is 10.1 Å². The van der Waals surface area contributed by atoms with Crippen molar-refractivity contribution in [3.05, 3.63) is 47.3 Å². The van der Waals surface area contributed by atoms with E-state index in [9.17, 15) is 14.7 Å². The fourth-order valence-corrected chi connectivity index (χ4v) is 2.97. The Hall–Kier alpha value is -2.83. The first kappa shape index (κ1) is 19.5. The maximum Gasteiger partial charge on any atom is 0.306 e. The van der Waals surface area contributed by atoms with Crippen molar-refractivity contribution >= 4 is 11.9 Å². The molecule has 140 valence electrons. The molecule has 1 unspecified atom stereocenters. The number of carboxylic acids is 1. The van der Waals surface area contributed by atoms with E-state index in [1.54, 1.807) is 35.9 Å². The summed E-state index contributed by atoms with van der Waals surface area (Å²) in [5.74, 6) is -0.775. The maximum absolute atomic E-state index is 12.8. The number of aliphatic carboxylic acids is 1. The number of nitrogens with one attached hydrogen (secondary N) is 1. The molecule has 0 aliphatic carbocycles. The van der Waals surface area contributed by atoms with Gasteiger partial charge in [-0.2, -0.15) is 5.10 Å². The molecular weight excluding hydrogens is 334 g/mol. The molecule has 7 nitrogen and oxygen atoms in total. The van der Waals surface area contributed by atoms with Crippen LogP contribution in [0.5, 0.6) is 5.75 Å². The van der Waals surface area contributed by atoms with Crippen LogP contribution in [-0.2, 0) is 10.3 Å². The zero-order chi connectivity index (χ0) is 19.5. The summed E-state index contributed by atoms with van der Waals surface area (Å²) < 4.78 is 6.98. The molecular formula is C19H25N3O4. The smallest absolute Gasteiger partial charge is 0.306 e. The van der Waals surface area contributed by atoms with Crippen LogP contribution in [0.25, 0.3) is 0 Å². The van der Waals surface area contributed by atoms with Gasteiger partial charge in [0, 0.05) is 11.7 Å². The molecule has 0 bridgehead atoms. The molecule has 2 rings (SSSR count). The summed E-state index contributed by atoms with van der Waals surface area (Å²) in [6, 6.07) is 7.16. The second-order valence-corrected chi connectivity index (χ2v) is 6.77. The number of hydrogen-bond donors (Lipinski definition) is 2. The van der Waals surface area contributed by atoms with E-state index in [-0.39, 0.29) is 18.4 Å². The summed E-state index contributed by atoms with van der Waals surface area (Å²) in [7, 11) is 1.54. The molecule has 0 fully saturated rings. The van der Waals surface area contributed by atoms with Gasteiger partial charge in [0.1, 0.15) is 5.75 Å². The Bertz CT molecular complexity index is 813. The number of hydrogen-bond acceptors (Lipinski definition) is 4. The normalized spacial score (nSPS) is 13.3. The molecule has 0 radical (unpaired) electrons. The number of carbonyl (C=O) groups is 2. The number of amides is 1. The van der Waals surface area contributed by atoms with Crippen molar-refractivity contribution in [1.82, 2.24) is 15.1 Å². The molecule has 0 aliphatic rings. The zero-order valence-electron chi connectivity index (χ0n) is 15.7. The number of carboxylic acid groups (broad SMARTS) is 1. The number of benzene rings is 1. The van der Waals surface area contributed by atoms with E-state index in [2.05, 4.69) is 10.4 Å². The summed E-state index contributed by atoms with van der Waals surface area (Å²) in [5.41, 5.74) is 0.727. The quantitative estimate of drug-likeness (QED) is 0.793. The van der Waals surface area contributed by atoms with Gasteiger partial charge in [0.25, 0.3) is 5.91 Å². The second kappa shape index (κ2) is 7.59. The summed E-state index contributed by atoms with van der Waals surface area (Å²) >= 11 is 0. The maximum atomic E-state index is 12.8. The standard InChI is InChI=1S/C19H25N3O4/c1-12(2)22-13(3)16(11-20-22)18(25)21-19(4,10-17(23)24)14-7-6-8-15(9-14)26-5/h6-9,11-12H,10H2,1-5H3,(H,21,25)(H,23,24). The van der Waals surface area contributed by atoms with E-state index in [4.69, 9.17) is 4.74 Å². The first-order valence-corrected chi connectivity index (χ1v) is 8.41. The second-order valence-electron chi connectivity index (χ2n) is 6.77. The van der Waals surface area contributed by atoms with Gasteiger partial charge < -0.3 is 15.2 Å². The molecule has 1 atom stereocenters. The molecule has 2 N–H and O–H groups in total. The van der Waals surface area contributed by atoms with Crippen LogP contribution in [0.3, 0.4) is 0 Å². The van der Waals surface area contributed by atoms with E-state index < -0.39 is 11.5 Å². The van der Waals surface area contributed by atoms with Gasteiger partial charge in [-0.15, -0.1) is 0 Å². The van der Waals surface area contributed by atoms with Crippen molar-refractivity contribution < 1.29 is 19.4 Å². The molecule has 1 heterocycles. The lowest BCUT2D eigenvalue weighted by molar-refractivity contribution is -0.138. The summed E-state index contributed by atoms with van der Waals surface area (Å²) in [6.45, 7) is 7.47. The van der Waals surface area contributed by atoms with E-state index in [0.717, 1.165) is 5.69 Å². The number of ether oxygens (including phenoxy) is 1. The third-order valence-electron chi connectivity index (χ3n) is 4.38. The lowest BCUT2D eigenvalue weighted by Crippen LogP contribution is -2.45. The Labute approximate surface area is 153 Å². The highest BCUT2D eigenvalue weighted by atomic mass is 16.5. The number of carbonyl (C=O) groups excluding carboxylic acids is 1. The lowest BCUT2D eigenvalue weighted by Gasteiger charge is -2.30. The Balaban J connectivity index is 2.38. The van der Waals surface area contributed by atoms with Gasteiger partial charge in [-0.25, -0.2) is 0 Å².